The van der Waals surface area contributed by atoms with Crippen LogP contribution in [-0.2, 0) is 20.0 Å². The van der Waals surface area contributed by atoms with Gasteiger partial charge in [0.25, 0.3) is 20.0 Å². The minimum atomic E-state index is -8.39. The largest absolute Gasteiger partial charge is 0.461 e. The number of hydrogen-bond donors (Lipinski definition) is 0. The Balaban J connectivity index is 6.69. The molecule has 28 heavy (non-hydrogen) atoms. The molecule has 0 aromatic heterocycles. The number of alkyl halides is 14. The molecule has 0 saturated heterocycles. The number of sulfonamides is 2. The summed E-state index contributed by atoms with van der Waals surface area (Å²) in [5, 5.41) is -15.5. The molecule has 0 saturated carbocycles. The summed E-state index contributed by atoms with van der Waals surface area (Å²) >= 11 is 0. The predicted molar refractivity (Wildman–Crippen MR) is 57.3 cm³/mol. The third kappa shape index (κ3) is 3.39. The second-order valence-electron chi connectivity index (χ2n) is 4.41. The van der Waals surface area contributed by atoms with Gasteiger partial charge in [-0.15, -0.1) is 3.62 Å². The molecule has 5 nitrogen and oxygen atoms in total. The molecule has 0 spiro atoms. The van der Waals surface area contributed by atoms with E-state index in [-0.39, 0.29) is 0 Å². The SMILES string of the molecule is [B]N(S(=O)(=O)C(F)(F)C(F)(F)C(F)(F)F)S(=O)(=O)C(F)(F)C(F)(F)C(F)(F)F. The van der Waals surface area contributed by atoms with Crippen molar-refractivity contribution in [3.8, 4) is 0 Å². The van der Waals surface area contributed by atoms with Gasteiger partial charge in [-0.1, -0.05) is 0 Å². The van der Waals surface area contributed by atoms with Crippen LogP contribution in [0.1, 0.15) is 0 Å². The van der Waals surface area contributed by atoms with Crippen molar-refractivity contribution in [3.05, 3.63) is 0 Å². The van der Waals surface area contributed by atoms with Gasteiger partial charge >= 0.3 is 34.7 Å². The van der Waals surface area contributed by atoms with Crippen molar-refractivity contribution in [3.63, 3.8) is 0 Å². The minimum Gasteiger partial charge on any atom is -0.206 e. The Morgan fingerprint density at radius 2 is 0.679 bits per heavy atom. The van der Waals surface area contributed by atoms with Crippen molar-refractivity contribution >= 4 is 28.0 Å². The number of hydrogen-bond acceptors (Lipinski definition) is 4. The molecule has 0 fully saturated rings. The monoisotopic (exact) mass is 491 g/mol. The van der Waals surface area contributed by atoms with Crippen LogP contribution < -0.4 is 0 Å². The van der Waals surface area contributed by atoms with Crippen molar-refractivity contribution in [2.75, 3.05) is 0 Å². The Kier molecular flexibility index (Phi) is 6.23. The minimum absolute atomic E-state index is 3.32. The van der Waals surface area contributed by atoms with E-state index in [4.69, 9.17) is 0 Å². The van der Waals surface area contributed by atoms with E-state index in [9.17, 15) is 78.3 Å². The van der Waals surface area contributed by atoms with Crippen molar-refractivity contribution in [1.29, 1.82) is 0 Å². The van der Waals surface area contributed by atoms with Crippen molar-refractivity contribution < 1.29 is 78.3 Å². The fourth-order valence-corrected chi connectivity index (χ4v) is 3.94. The van der Waals surface area contributed by atoms with Crippen molar-refractivity contribution in [2.45, 2.75) is 34.7 Å². The Bertz CT molecular complexity index is 744. The summed E-state index contributed by atoms with van der Waals surface area (Å²) in [7, 11) is -13.2. The van der Waals surface area contributed by atoms with E-state index >= 15 is 0 Å². The van der Waals surface area contributed by atoms with Gasteiger partial charge in [-0.3, -0.25) is 0 Å². The zero-order chi connectivity index (χ0) is 23.6. The summed E-state index contributed by atoms with van der Waals surface area (Å²) in [5.41, 5.74) is 0. The number of halogens is 14. The lowest BCUT2D eigenvalue weighted by molar-refractivity contribution is -0.333. The molecule has 0 aliphatic heterocycles. The molecule has 0 atom stereocenters. The fourth-order valence-electron chi connectivity index (χ4n) is 1.01. The van der Waals surface area contributed by atoms with Crippen molar-refractivity contribution in [1.82, 2.24) is 3.62 Å². The molecule has 0 unspecified atom stereocenters. The molecule has 0 amide bonds. The van der Waals surface area contributed by atoms with E-state index in [2.05, 4.69) is 7.98 Å². The van der Waals surface area contributed by atoms with Gasteiger partial charge in [0.15, 0.2) is 0 Å². The molecular weight excluding hydrogens is 491 g/mol. The average molecular weight is 491 g/mol. The van der Waals surface area contributed by atoms with Crippen LogP contribution in [-0.4, -0.2) is 63.1 Å². The van der Waals surface area contributed by atoms with Crippen LogP contribution in [0, 0.1) is 0 Å². The van der Waals surface area contributed by atoms with Gasteiger partial charge in [0.1, 0.15) is 0 Å². The first-order valence-electron chi connectivity index (χ1n) is 5.34. The maximum Gasteiger partial charge on any atom is 0.461 e. The number of rotatable bonds is 6. The Morgan fingerprint density at radius 3 is 0.821 bits per heavy atom. The van der Waals surface area contributed by atoms with Crippen LogP contribution >= 0.6 is 0 Å². The first-order valence-corrected chi connectivity index (χ1v) is 8.22. The molecule has 166 valence electrons. The zero-order valence-corrected chi connectivity index (χ0v) is 13.4. The summed E-state index contributed by atoms with van der Waals surface area (Å²) in [6.07, 6.45) is -15.0. The van der Waals surface area contributed by atoms with Crippen LogP contribution in [0.25, 0.3) is 0 Å². The highest BCUT2D eigenvalue weighted by Gasteiger charge is 2.83. The van der Waals surface area contributed by atoms with Gasteiger partial charge in [-0.2, -0.15) is 61.5 Å². The van der Waals surface area contributed by atoms with Gasteiger partial charge in [0.2, 0.25) is 7.98 Å². The van der Waals surface area contributed by atoms with Crippen molar-refractivity contribution in [2.24, 2.45) is 0 Å². The summed E-state index contributed by atoms with van der Waals surface area (Å²) in [6.45, 7) is 0. The lowest BCUT2D eigenvalue weighted by Crippen LogP contribution is -2.64. The van der Waals surface area contributed by atoms with E-state index in [1.165, 1.54) is 0 Å². The van der Waals surface area contributed by atoms with E-state index < -0.39 is 58.4 Å². The van der Waals surface area contributed by atoms with Crippen LogP contribution in [0.15, 0.2) is 0 Å². The topological polar surface area (TPSA) is 71.5 Å². The fraction of sp³-hybridized carbons (Fsp3) is 1.00. The summed E-state index contributed by atoms with van der Waals surface area (Å²) < 4.78 is 215. The first-order chi connectivity index (χ1) is 11.7. The molecule has 0 rings (SSSR count). The van der Waals surface area contributed by atoms with Gasteiger partial charge in [0.05, 0.1) is 0 Å². The van der Waals surface area contributed by atoms with Gasteiger partial charge in [-0.25, -0.2) is 16.8 Å². The summed E-state index contributed by atoms with van der Waals surface area (Å²) in [5.74, 6) is -15.5. The highest BCUT2D eigenvalue weighted by molar-refractivity contribution is 8.06. The molecule has 0 aliphatic rings. The summed E-state index contributed by atoms with van der Waals surface area (Å²) in [6, 6.07) is 0. The molecule has 22 heteroatoms. The Morgan fingerprint density at radius 1 is 0.500 bits per heavy atom. The lowest BCUT2D eigenvalue weighted by atomic mass is 10.3. The summed E-state index contributed by atoms with van der Waals surface area (Å²) in [4.78, 5) is 0. The maximum atomic E-state index is 13.1. The van der Waals surface area contributed by atoms with Gasteiger partial charge < -0.3 is 0 Å². The average Bonchev–Trinajstić information content (AvgIpc) is 2.42. The van der Waals surface area contributed by atoms with Gasteiger partial charge in [-0.05, 0) is 0 Å². The van der Waals surface area contributed by atoms with Crippen LogP contribution in [0.4, 0.5) is 61.5 Å². The van der Waals surface area contributed by atoms with Crippen LogP contribution in [0.3, 0.4) is 0 Å². The molecule has 0 heterocycles. The molecule has 0 aliphatic carbocycles. The van der Waals surface area contributed by atoms with E-state index in [1.807, 2.05) is 0 Å². The highest BCUT2D eigenvalue weighted by Crippen LogP contribution is 2.53. The van der Waals surface area contributed by atoms with Crippen LogP contribution in [0.5, 0.6) is 0 Å². The lowest BCUT2D eigenvalue weighted by Gasteiger charge is -2.34. The van der Waals surface area contributed by atoms with E-state index in [0.717, 1.165) is 0 Å². The third-order valence-electron chi connectivity index (χ3n) is 2.56. The molecule has 0 bridgehead atoms. The highest BCUT2D eigenvalue weighted by atomic mass is 32.3. The molecule has 0 aromatic carbocycles. The first kappa shape index (κ1) is 26.9. The predicted octanol–water partition coefficient (Wildman–Crippen LogP) is 2.61. The van der Waals surface area contributed by atoms with E-state index in [1.54, 1.807) is 0 Å². The molecule has 0 N–H and O–H groups in total. The van der Waals surface area contributed by atoms with Crippen LogP contribution in [0.2, 0.25) is 0 Å². The quantitative estimate of drug-likeness (QED) is 0.424. The molecule has 0 aromatic rings. The smallest absolute Gasteiger partial charge is 0.206 e. The van der Waals surface area contributed by atoms with Gasteiger partial charge in [0, 0.05) is 0 Å². The number of nitrogens with zero attached hydrogens (tertiary/aromatic N) is 1. The second kappa shape index (κ2) is 6.47. The molecular formula is C6BF14NO4S2. The Hall–Kier alpha value is -1.06. The van der Waals surface area contributed by atoms with E-state index in [0.29, 0.717) is 0 Å². The second-order valence-corrected chi connectivity index (χ2v) is 8.36. The molecule has 2 radical (unpaired) electrons. The third-order valence-corrected chi connectivity index (χ3v) is 6.50. The standard InChI is InChI=1S/C6BF14NO4S2/c7-22(27(23,24)5(18,19)1(8,9)3(12,13)14)28(25,26)6(20,21)2(10,11)4(15,16)17. The zero-order valence-electron chi connectivity index (χ0n) is 11.8. The Labute approximate surface area is 145 Å². The maximum absolute atomic E-state index is 13.1. The normalized spacial score (nSPS) is 16.5.